The number of nitrogens with one attached hydrogen (secondary N) is 2. The van der Waals surface area contributed by atoms with Gasteiger partial charge < -0.3 is 22.1 Å². The van der Waals surface area contributed by atoms with Crippen molar-refractivity contribution in [3.05, 3.63) is 41.1 Å². The number of nitrogens with two attached hydrogens (primary N) is 2. The van der Waals surface area contributed by atoms with Gasteiger partial charge in [0.2, 0.25) is 5.95 Å². The molecule has 26 heavy (non-hydrogen) atoms. The molecule has 1 aromatic heterocycles. The van der Waals surface area contributed by atoms with Gasteiger partial charge in [0.1, 0.15) is 11.4 Å². The smallest absolute Gasteiger partial charge is 0.254 e. The van der Waals surface area contributed by atoms with Crippen LogP contribution in [0.15, 0.2) is 24.4 Å². The van der Waals surface area contributed by atoms with Crippen molar-refractivity contribution in [3.63, 3.8) is 0 Å². The Morgan fingerprint density at radius 1 is 1.27 bits per heavy atom. The van der Waals surface area contributed by atoms with Crippen LogP contribution >= 0.6 is 0 Å². The van der Waals surface area contributed by atoms with Gasteiger partial charge in [0, 0.05) is 24.5 Å². The van der Waals surface area contributed by atoms with E-state index in [0.29, 0.717) is 18.3 Å². The number of aryl methyl sites for hydroxylation is 2. The zero-order valence-corrected chi connectivity index (χ0v) is 15.2. The second-order valence-corrected chi connectivity index (χ2v) is 7.14. The summed E-state index contributed by atoms with van der Waals surface area (Å²) in [5.74, 6) is 1.00. The van der Waals surface area contributed by atoms with Crippen molar-refractivity contribution in [2.45, 2.75) is 39.2 Å². The van der Waals surface area contributed by atoms with E-state index in [1.807, 2.05) is 26.0 Å². The highest BCUT2D eigenvalue weighted by atomic mass is 16.1. The lowest BCUT2D eigenvalue weighted by molar-refractivity contribution is 0.100. The van der Waals surface area contributed by atoms with E-state index in [9.17, 15) is 4.79 Å². The zero-order valence-electron chi connectivity index (χ0n) is 15.2. The number of primary amides is 1. The molecule has 1 amide bonds. The van der Waals surface area contributed by atoms with Crippen LogP contribution in [0.4, 0.5) is 17.5 Å². The number of benzene rings is 1. The molecule has 6 N–H and O–H groups in total. The summed E-state index contributed by atoms with van der Waals surface area (Å²) in [7, 11) is 0. The number of amides is 1. The van der Waals surface area contributed by atoms with Crippen molar-refractivity contribution in [2.24, 2.45) is 17.4 Å². The summed E-state index contributed by atoms with van der Waals surface area (Å²) in [5, 5.41) is 6.34. The van der Waals surface area contributed by atoms with E-state index in [-0.39, 0.29) is 11.6 Å². The molecule has 2 aromatic rings. The number of hydrogen-bond donors (Lipinski definition) is 4. The van der Waals surface area contributed by atoms with E-state index in [0.717, 1.165) is 29.2 Å². The Bertz CT molecular complexity index is 782. The van der Waals surface area contributed by atoms with Gasteiger partial charge >= 0.3 is 0 Å². The standard InChI is InChI=1S/C19H26N6O/c1-11-5-12(2)7-15(6-11)24-18-16(17(21)26)10-23-19(25-18)22-9-14(20)8-13-3-4-13/h5-7,10,13-14H,3-4,8-9,20H2,1-2H3,(H2,21,26)(H2,22,23,24,25). The van der Waals surface area contributed by atoms with Crippen molar-refractivity contribution in [2.75, 3.05) is 17.2 Å². The van der Waals surface area contributed by atoms with E-state index in [4.69, 9.17) is 11.5 Å². The lowest BCUT2D eigenvalue weighted by Crippen LogP contribution is -2.30. The number of aromatic nitrogens is 2. The Morgan fingerprint density at radius 2 is 1.96 bits per heavy atom. The monoisotopic (exact) mass is 354 g/mol. The molecule has 1 aliphatic carbocycles. The number of anilines is 3. The van der Waals surface area contributed by atoms with Crippen LogP contribution in [-0.4, -0.2) is 28.5 Å². The summed E-state index contributed by atoms with van der Waals surface area (Å²) >= 11 is 0. The highest BCUT2D eigenvalue weighted by Gasteiger charge is 2.23. The molecule has 1 heterocycles. The molecule has 1 unspecified atom stereocenters. The summed E-state index contributed by atoms with van der Waals surface area (Å²) in [4.78, 5) is 20.3. The molecule has 1 atom stereocenters. The third kappa shape index (κ3) is 4.92. The highest BCUT2D eigenvalue weighted by molar-refractivity contribution is 5.98. The Balaban J connectivity index is 1.76. The van der Waals surface area contributed by atoms with Gasteiger partial charge in [0.15, 0.2) is 0 Å². The minimum absolute atomic E-state index is 0.0674. The van der Waals surface area contributed by atoms with Gasteiger partial charge in [-0.15, -0.1) is 0 Å². The van der Waals surface area contributed by atoms with Crippen molar-refractivity contribution in [3.8, 4) is 0 Å². The van der Waals surface area contributed by atoms with Crippen LogP contribution in [-0.2, 0) is 0 Å². The third-order valence-corrected chi connectivity index (χ3v) is 4.39. The number of carbonyl (C=O) groups is 1. The molecule has 1 aliphatic rings. The normalized spacial score (nSPS) is 14.7. The zero-order chi connectivity index (χ0) is 18.7. The SMILES string of the molecule is Cc1cc(C)cc(Nc2nc(NCC(N)CC3CC3)ncc2C(N)=O)c1. The summed E-state index contributed by atoms with van der Waals surface area (Å²) < 4.78 is 0. The fourth-order valence-electron chi connectivity index (χ4n) is 3.01. The molecule has 0 spiro atoms. The van der Waals surface area contributed by atoms with Crippen LogP contribution in [0.3, 0.4) is 0 Å². The maximum atomic E-state index is 11.7. The third-order valence-electron chi connectivity index (χ3n) is 4.39. The van der Waals surface area contributed by atoms with Gasteiger partial charge in [-0.1, -0.05) is 18.9 Å². The summed E-state index contributed by atoms with van der Waals surface area (Å²) in [6, 6.07) is 6.11. The fraction of sp³-hybridized carbons (Fsp3) is 0.421. The van der Waals surface area contributed by atoms with Gasteiger partial charge in [-0.25, -0.2) is 4.98 Å². The summed E-state index contributed by atoms with van der Waals surface area (Å²) in [6.07, 6.45) is 5.01. The molecule has 7 nitrogen and oxygen atoms in total. The summed E-state index contributed by atoms with van der Waals surface area (Å²) in [6.45, 7) is 4.62. The first-order valence-electron chi connectivity index (χ1n) is 8.92. The minimum atomic E-state index is -0.575. The quantitative estimate of drug-likeness (QED) is 0.578. The topological polar surface area (TPSA) is 119 Å². The molecule has 138 valence electrons. The highest BCUT2D eigenvalue weighted by Crippen LogP contribution is 2.33. The van der Waals surface area contributed by atoms with Crippen molar-refractivity contribution < 1.29 is 4.79 Å². The van der Waals surface area contributed by atoms with Crippen LogP contribution in [0.1, 0.15) is 40.7 Å². The van der Waals surface area contributed by atoms with E-state index in [2.05, 4.69) is 26.7 Å². The Kier molecular flexibility index (Phi) is 5.37. The first-order valence-corrected chi connectivity index (χ1v) is 8.92. The number of hydrogen-bond acceptors (Lipinski definition) is 6. The summed E-state index contributed by atoms with van der Waals surface area (Å²) in [5.41, 5.74) is 14.9. The van der Waals surface area contributed by atoms with Crippen LogP contribution in [0.25, 0.3) is 0 Å². The van der Waals surface area contributed by atoms with Crippen LogP contribution < -0.4 is 22.1 Å². The number of rotatable bonds is 8. The molecule has 1 aromatic carbocycles. The second-order valence-electron chi connectivity index (χ2n) is 7.14. The van der Waals surface area contributed by atoms with Crippen molar-refractivity contribution in [1.29, 1.82) is 0 Å². The lowest BCUT2D eigenvalue weighted by Gasteiger charge is -2.14. The largest absolute Gasteiger partial charge is 0.365 e. The van der Waals surface area contributed by atoms with Crippen LogP contribution in [0.2, 0.25) is 0 Å². The van der Waals surface area contributed by atoms with Gasteiger partial charge in [-0.05, 0) is 49.4 Å². The van der Waals surface area contributed by atoms with Crippen LogP contribution in [0, 0.1) is 19.8 Å². The molecule has 7 heteroatoms. The predicted molar refractivity (Wildman–Crippen MR) is 104 cm³/mol. The Hall–Kier alpha value is -2.67. The first-order chi connectivity index (χ1) is 12.4. The predicted octanol–water partition coefficient (Wildman–Crippen LogP) is 2.48. The van der Waals surface area contributed by atoms with Crippen molar-refractivity contribution >= 4 is 23.4 Å². The van der Waals surface area contributed by atoms with Gasteiger partial charge in [0.05, 0.1) is 0 Å². The molecule has 0 radical (unpaired) electrons. The molecule has 1 fully saturated rings. The van der Waals surface area contributed by atoms with E-state index in [1.54, 1.807) is 0 Å². The van der Waals surface area contributed by atoms with Crippen molar-refractivity contribution in [1.82, 2.24) is 9.97 Å². The van der Waals surface area contributed by atoms with E-state index >= 15 is 0 Å². The average molecular weight is 354 g/mol. The lowest BCUT2D eigenvalue weighted by atomic mass is 10.1. The molecule has 0 aliphatic heterocycles. The van der Waals surface area contributed by atoms with E-state index in [1.165, 1.54) is 19.0 Å². The maximum Gasteiger partial charge on any atom is 0.254 e. The van der Waals surface area contributed by atoms with Gasteiger partial charge in [-0.2, -0.15) is 4.98 Å². The van der Waals surface area contributed by atoms with E-state index < -0.39 is 5.91 Å². The number of carbonyl (C=O) groups excluding carboxylic acids is 1. The molecule has 1 saturated carbocycles. The van der Waals surface area contributed by atoms with Crippen LogP contribution in [0.5, 0.6) is 0 Å². The Morgan fingerprint density at radius 3 is 2.58 bits per heavy atom. The first kappa shape index (κ1) is 18.1. The molecule has 0 bridgehead atoms. The molecule has 0 saturated heterocycles. The second kappa shape index (κ2) is 7.70. The molecular formula is C19H26N6O. The fourth-order valence-corrected chi connectivity index (χ4v) is 3.01. The maximum absolute atomic E-state index is 11.7. The molecule has 3 rings (SSSR count). The number of nitrogens with zero attached hydrogens (tertiary/aromatic N) is 2. The minimum Gasteiger partial charge on any atom is -0.365 e. The Labute approximate surface area is 153 Å². The average Bonchev–Trinajstić information content (AvgIpc) is 3.36. The van der Waals surface area contributed by atoms with Gasteiger partial charge in [-0.3, -0.25) is 4.79 Å². The molecular weight excluding hydrogens is 328 g/mol. The van der Waals surface area contributed by atoms with Gasteiger partial charge in [0.25, 0.3) is 5.91 Å².